The van der Waals surface area contributed by atoms with E-state index in [-0.39, 0.29) is 11.9 Å². The molecule has 1 aliphatic rings. The number of aromatic nitrogens is 1. The zero-order valence-electron chi connectivity index (χ0n) is 14.6. The van der Waals surface area contributed by atoms with E-state index in [0.29, 0.717) is 12.5 Å². The largest absolute Gasteiger partial charge is 0.338 e. The van der Waals surface area contributed by atoms with Gasteiger partial charge in [0.05, 0.1) is 21.3 Å². The summed E-state index contributed by atoms with van der Waals surface area (Å²) in [7, 11) is 0. The number of hydrogen-bond donors (Lipinski definition) is 2. The first kappa shape index (κ1) is 17.8. The molecule has 3 amide bonds. The number of nitrogens with one attached hydrogen (secondary N) is 2. The van der Waals surface area contributed by atoms with Crippen LogP contribution >= 0.6 is 11.3 Å². The molecule has 0 aliphatic carbocycles. The molecule has 134 valence electrons. The zero-order valence-corrected chi connectivity index (χ0v) is 15.4. The van der Waals surface area contributed by atoms with E-state index in [0.717, 1.165) is 31.4 Å². The first-order valence-electron chi connectivity index (χ1n) is 8.76. The summed E-state index contributed by atoms with van der Waals surface area (Å²) in [6, 6.07) is 7.49. The first-order valence-corrected chi connectivity index (χ1v) is 9.58. The minimum absolute atomic E-state index is 0.246. The highest BCUT2D eigenvalue weighted by atomic mass is 32.1. The Hall–Kier alpha value is -1.99. The lowest BCUT2D eigenvalue weighted by molar-refractivity contribution is -0.125. The molecule has 2 aromatic rings. The van der Waals surface area contributed by atoms with Crippen molar-refractivity contribution in [2.75, 3.05) is 19.6 Å². The van der Waals surface area contributed by atoms with Crippen LogP contribution in [0, 0.1) is 0 Å². The summed E-state index contributed by atoms with van der Waals surface area (Å²) in [4.78, 5) is 30.6. The minimum atomic E-state index is -0.427. The van der Waals surface area contributed by atoms with Crippen LogP contribution in [0.5, 0.6) is 0 Å². The smallest absolute Gasteiger partial charge is 0.321 e. The normalized spacial score (nSPS) is 17.4. The molecule has 1 aromatic heterocycles. The number of rotatable bonds is 4. The number of benzene rings is 1. The maximum Gasteiger partial charge on any atom is 0.321 e. The van der Waals surface area contributed by atoms with Gasteiger partial charge in [0.15, 0.2) is 0 Å². The summed E-state index contributed by atoms with van der Waals surface area (Å²) >= 11 is 1.77. The van der Waals surface area contributed by atoms with Gasteiger partial charge in [-0.05, 0) is 51.9 Å². The molecule has 1 fully saturated rings. The number of hydrogen-bond acceptors (Lipinski definition) is 5. The molecule has 25 heavy (non-hydrogen) atoms. The van der Waals surface area contributed by atoms with E-state index >= 15 is 0 Å². The Balaban J connectivity index is 1.56. The molecule has 6 nitrogen and oxygen atoms in total. The second kappa shape index (κ2) is 7.93. The molecule has 1 atom stereocenters. The lowest BCUT2D eigenvalue weighted by Crippen LogP contribution is -2.51. The van der Waals surface area contributed by atoms with Gasteiger partial charge in [-0.2, -0.15) is 0 Å². The van der Waals surface area contributed by atoms with E-state index in [1.54, 1.807) is 11.3 Å². The quantitative estimate of drug-likeness (QED) is 0.879. The molecule has 3 rings (SSSR count). The van der Waals surface area contributed by atoms with Gasteiger partial charge < -0.3 is 5.32 Å². The molecule has 1 saturated heterocycles. The van der Waals surface area contributed by atoms with Gasteiger partial charge in [-0.25, -0.2) is 9.78 Å². The molecular formula is C18H24N4O2S. The van der Waals surface area contributed by atoms with Crippen LogP contribution in [0.3, 0.4) is 0 Å². The number of carbonyl (C=O) groups is 2. The van der Waals surface area contributed by atoms with Crippen LogP contribution in [0.15, 0.2) is 24.3 Å². The van der Waals surface area contributed by atoms with Crippen LogP contribution in [-0.2, 0) is 4.79 Å². The van der Waals surface area contributed by atoms with Crippen molar-refractivity contribution in [2.45, 2.75) is 38.6 Å². The Morgan fingerprint density at radius 3 is 2.72 bits per heavy atom. The number of likely N-dealkylation sites (tertiary alicyclic amines) is 1. The number of nitrogens with zero attached hydrogens (tertiary/aromatic N) is 2. The van der Waals surface area contributed by atoms with E-state index in [2.05, 4.69) is 27.7 Å². The minimum Gasteiger partial charge on any atom is -0.338 e. The highest BCUT2D eigenvalue weighted by Gasteiger charge is 2.29. The maximum absolute atomic E-state index is 12.2. The summed E-state index contributed by atoms with van der Waals surface area (Å²) in [6.07, 6.45) is 1.97. The summed E-state index contributed by atoms with van der Waals surface area (Å²) in [5, 5.41) is 6.17. The van der Waals surface area contributed by atoms with E-state index in [4.69, 9.17) is 4.98 Å². The van der Waals surface area contributed by atoms with Gasteiger partial charge in [0, 0.05) is 12.5 Å². The monoisotopic (exact) mass is 360 g/mol. The van der Waals surface area contributed by atoms with Crippen molar-refractivity contribution in [3.8, 4) is 0 Å². The molecule has 1 aromatic carbocycles. The number of para-hydroxylation sites is 1. The maximum atomic E-state index is 12.2. The summed E-state index contributed by atoms with van der Waals surface area (Å²) in [6.45, 7) is 5.85. The van der Waals surface area contributed by atoms with Crippen molar-refractivity contribution in [2.24, 2.45) is 0 Å². The van der Waals surface area contributed by atoms with Crippen LogP contribution in [0.25, 0.3) is 10.2 Å². The van der Waals surface area contributed by atoms with Crippen molar-refractivity contribution in [3.63, 3.8) is 0 Å². The van der Waals surface area contributed by atoms with Gasteiger partial charge in [0.2, 0.25) is 5.91 Å². The number of thiazole rings is 1. The third kappa shape index (κ3) is 4.16. The number of piperidine rings is 1. The topological polar surface area (TPSA) is 74.3 Å². The Labute approximate surface area is 151 Å². The second-order valence-electron chi connectivity index (χ2n) is 6.35. The van der Waals surface area contributed by atoms with Crippen molar-refractivity contribution in [3.05, 3.63) is 29.3 Å². The van der Waals surface area contributed by atoms with Gasteiger partial charge in [0.1, 0.15) is 0 Å². The molecular weight excluding hydrogens is 336 g/mol. The fraction of sp³-hybridized carbons (Fsp3) is 0.500. The number of carbonyl (C=O) groups excluding carboxylic acids is 2. The second-order valence-corrected chi connectivity index (χ2v) is 7.42. The van der Waals surface area contributed by atoms with E-state index < -0.39 is 6.03 Å². The number of amides is 3. The molecule has 0 unspecified atom stereocenters. The summed E-state index contributed by atoms with van der Waals surface area (Å²) < 4.78 is 1.23. The van der Waals surface area contributed by atoms with Crippen LogP contribution in [0.2, 0.25) is 0 Å². The molecule has 2 heterocycles. The molecule has 0 radical (unpaired) electrons. The molecule has 0 saturated carbocycles. The van der Waals surface area contributed by atoms with Crippen molar-refractivity contribution in [1.29, 1.82) is 0 Å². The van der Waals surface area contributed by atoms with E-state index in [1.165, 1.54) is 9.71 Å². The zero-order chi connectivity index (χ0) is 17.8. The van der Waals surface area contributed by atoms with Crippen LogP contribution in [-0.4, -0.2) is 47.5 Å². The highest BCUT2D eigenvalue weighted by molar-refractivity contribution is 7.18. The Morgan fingerprint density at radius 1 is 1.32 bits per heavy atom. The van der Waals surface area contributed by atoms with E-state index in [1.807, 2.05) is 26.0 Å². The Kier molecular flexibility index (Phi) is 5.65. The van der Waals surface area contributed by atoms with Gasteiger partial charge in [0.25, 0.3) is 0 Å². The van der Waals surface area contributed by atoms with Crippen molar-refractivity contribution >= 4 is 33.5 Å². The predicted molar refractivity (Wildman–Crippen MR) is 99.8 cm³/mol. The van der Waals surface area contributed by atoms with Crippen LogP contribution in [0.4, 0.5) is 4.79 Å². The molecule has 1 aliphatic heterocycles. The third-order valence-electron chi connectivity index (χ3n) is 4.69. The third-order valence-corrected chi connectivity index (χ3v) is 5.89. The Bertz CT molecular complexity index is 719. The van der Waals surface area contributed by atoms with Gasteiger partial charge in [-0.3, -0.25) is 15.0 Å². The van der Waals surface area contributed by atoms with Crippen molar-refractivity contribution in [1.82, 2.24) is 20.5 Å². The van der Waals surface area contributed by atoms with E-state index in [9.17, 15) is 9.59 Å². The lowest BCUT2D eigenvalue weighted by atomic mass is 9.96. The van der Waals surface area contributed by atoms with Gasteiger partial charge in [-0.1, -0.05) is 12.1 Å². The standard InChI is InChI=1S/C18H24N4O2S/c1-3-19-18(24)21-16(23)12(2)22-10-8-13(9-11-22)17-20-14-6-4-5-7-15(14)25-17/h4-7,12-13H,3,8-11H2,1-2H3,(H2,19,21,23,24)/t12-/m1/s1. The highest BCUT2D eigenvalue weighted by Crippen LogP contribution is 2.34. The molecule has 7 heteroatoms. The lowest BCUT2D eigenvalue weighted by Gasteiger charge is -2.34. The summed E-state index contributed by atoms with van der Waals surface area (Å²) in [5.41, 5.74) is 1.07. The van der Waals surface area contributed by atoms with Gasteiger partial charge in [-0.15, -0.1) is 11.3 Å². The number of fused-ring (bicyclic) bond motifs is 1. The molecule has 2 N–H and O–H groups in total. The number of urea groups is 1. The summed E-state index contributed by atoms with van der Waals surface area (Å²) in [5.74, 6) is 0.205. The van der Waals surface area contributed by atoms with Crippen LogP contribution < -0.4 is 10.6 Å². The average Bonchev–Trinajstić information content (AvgIpc) is 3.05. The Morgan fingerprint density at radius 2 is 2.04 bits per heavy atom. The molecule has 0 spiro atoms. The van der Waals surface area contributed by atoms with Gasteiger partial charge >= 0.3 is 6.03 Å². The van der Waals surface area contributed by atoms with Crippen molar-refractivity contribution < 1.29 is 9.59 Å². The average molecular weight is 360 g/mol. The van der Waals surface area contributed by atoms with Crippen LogP contribution in [0.1, 0.15) is 37.6 Å². The SMILES string of the molecule is CCNC(=O)NC(=O)[C@@H](C)N1CCC(c2nc3ccccc3s2)CC1. The molecule has 0 bridgehead atoms. The fourth-order valence-electron chi connectivity index (χ4n) is 3.19. The number of imide groups is 1. The fourth-order valence-corrected chi connectivity index (χ4v) is 4.32. The first-order chi connectivity index (χ1) is 12.1. The predicted octanol–water partition coefficient (Wildman–Crippen LogP) is 2.71.